The standard InChI is InChI=1S/C19H15Cl2NO4/c1-11-6-19(24)26-17-8-14(4-5-15(11)17)25-10-18(23)22-9-12-2-3-13(20)7-16(12)21/h2-8H,9-10H2,1H3,(H,22,23). The van der Waals surface area contributed by atoms with Gasteiger partial charge in [-0.05, 0) is 42.3 Å². The minimum atomic E-state index is -0.426. The number of benzene rings is 2. The molecule has 1 amide bonds. The molecule has 0 bridgehead atoms. The van der Waals surface area contributed by atoms with Crippen LogP contribution < -0.4 is 15.7 Å². The van der Waals surface area contributed by atoms with Crippen LogP contribution >= 0.6 is 23.2 Å². The maximum Gasteiger partial charge on any atom is 0.336 e. The van der Waals surface area contributed by atoms with Crippen molar-refractivity contribution in [1.82, 2.24) is 5.32 Å². The summed E-state index contributed by atoms with van der Waals surface area (Å²) in [6.07, 6.45) is 0. The van der Waals surface area contributed by atoms with Gasteiger partial charge in [-0.25, -0.2) is 4.79 Å². The van der Waals surface area contributed by atoms with Gasteiger partial charge < -0.3 is 14.5 Å². The predicted molar refractivity (Wildman–Crippen MR) is 101 cm³/mol. The van der Waals surface area contributed by atoms with Crippen LogP contribution in [0.3, 0.4) is 0 Å². The maximum atomic E-state index is 12.0. The van der Waals surface area contributed by atoms with E-state index in [4.69, 9.17) is 32.4 Å². The number of rotatable bonds is 5. The molecular weight excluding hydrogens is 377 g/mol. The van der Waals surface area contributed by atoms with Crippen molar-refractivity contribution in [3.8, 4) is 5.75 Å². The van der Waals surface area contributed by atoms with Gasteiger partial charge in [-0.1, -0.05) is 29.3 Å². The molecule has 1 N–H and O–H groups in total. The monoisotopic (exact) mass is 391 g/mol. The molecular formula is C19H15Cl2NO4. The molecule has 3 rings (SSSR count). The van der Waals surface area contributed by atoms with Crippen molar-refractivity contribution in [3.63, 3.8) is 0 Å². The average molecular weight is 392 g/mol. The van der Waals surface area contributed by atoms with Crippen molar-refractivity contribution in [2.75, 3.05) is 6.61 Å². The van der Waals surface area contributed by atoms with Gasteiger partial charge in [0.2, 0.25) is 0 Å². The number of fused-ring (bicyclic) bond motifs is 1. The molecule has 0 saturated carbocycles. The van der Waals surface area contributed by atoms with E-state index in [0.717, 1.165) is 16.5 Å². The smallest absolute Gasteiger partial charge is 0.336 e. The highest BCUT2D eigenvalue weighted by Crippen LogP contribution is 2.22. The zero-order chi connectivity index (χ0) is 18.7. The third-order valence-corrected chi connectivity index (χ3v) is 4.37. The van der Waals surface area contributed by atoms with Crippen molar-refractivity contribution >= 4 is 40.1 Å². The van der Waals surface area contributed by atoms with Crippen LogP contribution in [0.4, 0.5) is 0 Å². The van der Waals surface area contributed by atoms with Crippen molar-refractivity contribution in [3.05, 3.63) is 74.1 Å². The number of nitrogens with one attached hydrogen (secondary N) is 1. The summed E-state index contributed by atoms with van der Waals surface area (Å²) in [5.74, 6) is 0.132. The molecule has 0 atom stereocenters. The van der Waals surface area contributed by atoms with E-state index in [0.29, 0.717) is 21.4 Å². The predicted octanol–water partition coefficient (Wildman–Crippen LogP) is 4.10. The van der Waals surface area contributed by atoms with Crippen LogP contribution in [0.2, 0.25) is 10.0 Å². The van der Waals surface area contributed by atoms with Crippen LogP contribution in [-0.2, 0) is 11.3 Å². The van der Waals surface area contributed by atoms with Gasteiger partial charge in [0.15, 0.2) is 6.61 Å². The molecule has 0 aliphatic carbocycles. The Morgan fingerprint density at radius 3 is 2.73 bits per heavy atom. The first-order valence-electron chi connectivity index (χ1n) is 7.80. The van der Waals surface area contributed by atoms with Crippen LogP contribution in [0.1, 0.15) is 11.1 Å². The summed E-state index contributed by atoms with van der Waals surface area (Å²) < 4.78 is 10.6. The third kappa shape index (κ3) is 4.36. The van der Waals surface area contributed by atoms with E-state index in [1.54, 1.807) is 36.4 Å². The number of ether oxygens (including phenoxy) is 1. The van der Waals surface area contributed by atoms with Gasteiger partial charge in [-0.2, -0.15) is 0 Å². The number of amides is 1. The molecule has 7 heteroatoms. The minimum absolute atomic E-state index is 0.174. The number of hydrogen-bond donors (Lipinski definition) is 1. The molecule has 0 saturated heterocycles. The molecule has 0 aliphatic heterocycles. The Morgan fingerprint density at radius 2 is 1.96 bits per heavy atom. The van der Waals surface area contributed by atoms with Crippen molar-refractivity contribution < 1.29 is 13.9 Å². The highest BCUT2D eigenvalue weighted by Gasteiger charge is 2.08. The fraction of sp³-hybridized carbons (Fsp3) is 0.158. The molecule has 0 fully saturated rings. The topological polar surface area (TPSA) is 68.5 Å². The van der Waals surface area contributed by atoms with Crippen molar-refractivity contribution in [1.29, 1.82) is 0 Å². The summed E-state index contributed by atoms with van der Waals surface area (Å²) in [4.78, 5) is 23.4. The number of hydrogen-bond acceptors (Lipinski definition) is 4. The molecule has 5 nitrogen and oxygen atoms in total. The zero-order valence-corrected chi connectivity index (χ0v) is 15.4. The lowest BCUT2D eigenvalue weighted by Crippen LogP contribution is -2.28. The van der Waals surface area contributed by atoms with Gasteiger partial charge in [0.05, 0.1) is 0 Å². The Kier molecular flexibility index (Phi) is 5.49. The lowest BCUT2D eigenvalue weighted by Gasteiger charge is -2.09. The van der Waals surface area contributed by atoms with E-state index >= 15 is 0 Å². The lowest BCUT2D eigenvalue weighted by atomic mass is 10.1. The number of halogens is 2. The number of carbonyl (C=O) groups is 1. The molecule has 2 aromatic carbocycles. The second kappa shape index (κ2) is 7.81. The second-order valence-electron chi connectivity index (χ2n) is 5.71. The third-order valence-electron chi connectivity index (χ3n) is 3.78. The van der Waals surface area contributed by atoms with Crippen LogP contribution in [-0.4, -0.2) is 12.5 Å². The first-order valence-corrected chi connectivity index (χ1v) is 8.56. The van der Waals surface area contributed by atoms with Crippen LogP contribution in [0.5, 0.6) is 5.75 Å². The van der Waals surface area contributed by atoms with E-state index < -0.39 is 5.63 Å². The van der Waals surface area contributed by atoms with E-state index in [1.807, 2.05) is 6.92 Å². The Morgan fingerprint density at radius 1 is 1.15 bits per heavy atom. The molecule has 1 heterocycles. The fourth-order valence-electron chi connectivity index (χ4n) is 2.45. The summed E-state index contributed by atoms with van der Waals surface area (Å²) in [5, 5.41) is 4.56. The summed E-state index contributed by atoms with van der Waals surface area (Å²) in [6.45, 7) is 1.92. The molecule has 134 valence electrons. The van der Waals surface area contributed by atoms with Crippen LogP contribution in [0, 0.1) is 6.92 Å². The fourth-order valence-corrected chi connectivity index (χ4v) is 2.93. The Balaban J connectivity index is 1.60. The highest BCUT2D eigenvalue weighted by molar-refractivity contribution is 6.35. The van der Waals surface area contributed by atoms with Crippen molar-refractivity contribution in [2.24, 2.45) is 0 Å². The first kappa shape index (κ1) is 18.3. The molecule has 3 aromatic rings. The lowest BCUT2D eigenvalue weighted by molar-refractivity contribution is -0.123. The molecule has 0 spiro atoms. The van der Waals surface area contributed by atoms with E-state index in [9.17, 15) is 9.59 Å². The van der Waals surface area contributed by atoms with Gasteiger partial charge in [0, 0.05) is 34.1 Å². The van der Waals surface area contributed by atoms with Gasteiger partial charge in [-0.15, -0.1) is 0 Å². The summed E-state index contributed by atoms with van der Waals surface area (Å²) in [5.41, 5.74) is 1.57. The SMILES string of the molecule is Cc1cc(=O)oc2cc(OCC(=O)NCc3ccc(Cl)cc3Cl)ccc12. The molecule has 1 aromatic heterocycles. The quantitative estimate of drug-likeness (QED) is 0.664. The molecule has 0 aliphatic rings. The Hall–Kier alpha value is -2.50. The maximum absolute atomic E-state index is 12.0. The molecule has 26 heavy (non-hydrogen) atoms. The highest BCUT2D eigenvalue weighted by atomic mass is 35.5. The summed E-state index contributed by atoms with van der Waals surface area (Å²) in [6, 6.07) is 11.6. The Bertz CT molecular complexity index is 1030. The van der Waals surface area contributed by atoms with E-state index in [-0.39, 0.29) is 19.1 Å². The minimum Gasteiger partial charge on any atom is -0.484 e. The molecule has 0 radical (unpaired) electrons. The van der Waals surface area contributed by atoms with Gasteiger partial charge in [0.25, 0.3) is 5.91 Å². The van der Waals surface area contributed by atoms with Crippen molar-refractivity contribution in [2.45, 2.75) is 13.5 Å². The van der Waals surface area contributed by atoms with Gasteiger partial charge >= 0.3 is 5.63 Å². The molecule has 0 unspecified atom stereocenters. The zero-order valence-electron chi connectivity index (χ0n) is 13.8. The van der Waals surface area contributed by atoms with Crippen LogP contribution in [0.15, 0.2) is 51.7 Å². The number of carbonyl (C=O) groups excluding carboxylic acids is 1. The van der Waals surface area contributed by atoms with Crippen LogP contribution in [0.25, 0.3) is 11.0 Å². The van der Waals surface area contributed by atoms with Gasteiger partial charge in [0.1, 0.15) is 11.3 Å². The largest absolute Gasteiger partial charge is 0.484 e. The average Bonchev–Trinajstić information content (AvgIpc) is 2.58. The van der Waals surface area contributed by atoms with E-state index in [1.165, 1.54) is 6.07 Å². The normalized spacial score (nSPS) is 10.7. The Labute approximate surface area is 159 Å². The number of aryl methyl sites for hydroxylation is 1. The summed E-state index contributed by atoms with van der Waals surface area (Å²) in [7, 11) is 0. The van der Waals surface area contributed by atoms with E-state index in [2.05, 4.69) is 5.32 Å². The van der Waals surface area contributed by atoms with Gasteiger partial charge in [-0.3, -0.25) is 4.79 Å². The second-order valence-corrected chi connectivity index (χ2v) is 6.55. The first-order chi connectivity index (χ1) is 12.4. The summed E-state index contributed by atoms with van der Waals surface area (Å²) >= 11 is 11.9.